The van der Waals surface area contributed by atoms with Gasteiger partial charge in [-0.05, 0) is 42.5 Å². The number of benzene rings is 1. The Hall–Kier alpha value is -2.51. The lowest BCUT2D eigenvalue weighted by atomic mass is 10.1. The Balaban J connectivity index is 1.51. The Bertz CT molecular complexity index is 902. The number of nitrogens with one attached hydrogen (secondary N) is 1. The van der Waals surface area contributed by atoms with Crippen LogP contribution in [-0.2, 0) is 27.2 Å². The Morgan fingerprint density at radius 3 is 2.63 bits per heavy atom. The van der Waals surface area contributed by atoms with E-state index in [-0.39, 0.29) is 12.3 Å². The number of rotatable bonds is 7. The number of ether oxygens (including phenoxy) is 1. The summed E-state index contributed by atoms with van der Waals surface area (Å²) < 4.78 is 5.25. The SMILES string of the molecule is CCc1ccc(NC(=O)[C@H](C)OC(=O)Cc2csc(-c3ccsc3)n2)cc1. The zero-order valence-corrected chi connectivity index (χ0v) is 16.7. The summed E-state index contributed by atoms with van der Waals surface area (Å²) in [6.45, 7) is 3.63. The Labute approximate surface area is 166 Å². The number of thiazole rings is 1. The lowest BCUT2D eigenvalue weighted by Crippen LogP contribution is -2.30. The van der Waals surface area contributed by atoms with Crippen molar-refractivity contribution in [2.75, 3.05) is 5.32 Å². The van der Waals surface area contributed by atoms with Crippen molar-refractivity contribution in [2.24, 2.45) is 0 Å². The number of esters is 1. The fourth-order valence-corrected chi connectivity index (χ4v) is 3.95. The van der Waals surface area contributed by atoms with Crippen molar-refractivity contribution < 1.29 is 14.3 Å². The molecule has 7 heteroatoms. The van der Waals surface area contributed by atoms with E-state index in [4.69, 9.17) is 4.74 Å². The van der Waals surface area contributed by atoms with Crippen LogP contribution < -0.4 is 5.32 Å². The maximum absolute atomic E-state index is 12.2. The van der Waals surface area contributed by atoms with Crippen LogP contribution in [0.1, 0.15) is 25.1 Å². The van der Waals surface area contributed by atoms with Crippen LogP contribution in [-0.4, -0.2) is 23.0 Å². The summed E-state index contributed by atoms with van der Waals surface area (Å²) in [7, 11) is 0. The van der Waals surface area contributed by atoms with Crippen molar-refractivity contribution in [1.82, 2.24) is 4.98 Å². The number of carbonyl (C=O) groups excluding carboxylic acids is 2. The van der Waals surface area contributed by atoms with Crippen LogP contribution >= 0.6 is 22.7 Å². The van der Waals surface area contributed by atoms with Gasteiger partial charge in [0.1, 0.15) is 5.01 Å². The lowest BCUT2D eigenvalue weighted by molar-refractivity contribution is -0.152. The summed E-state index contributed by atoms with van der Waals surface area (Å²) in [4.78, 5) is 28.8. The molecule has 0 radical (unpaired) electrons. The molecule has 3 rings (SSSR count). The molecule has 1 N–H and O–H groups in total. The summed E-state index contributed by atoms with van der Waals surface area (Å²) in [5.41, 5.74) is 3.57. The largest absolute Gasteiger partial charge is 0.452 e. The van der Waals surface area contributed by atoms with Gasteiger partial charge in [0.05, 0.1) is 12.1 Å². The summed E-state index contributed by atoms with van der Waals surface area (Å²) in [5.74, 6) is -0.828. The highest BCUT2D eigenvalue weighted by Gasteiger charge is 2.19. The van der Waals surface area contributed by atoms with Crippen LogP contribution in [0.15, 0.2) is 46.5 Å². The standard InChI is InChI=1S/C20H20N2O3S2/c1-3-14-4-6-16(7-5-14)21-19(24)13(2)25-18(23)10-17-12-27-20(22-17)15-8-9-26-11-15/h4-9,11-13H,3,10H2,1-2H3,(H,21,24)/t13-/m0/s1. The van der Waals surface area contributed by atoms with E-state index in [1.165, 1.54) is 16.9 Å². The van der Waals surface area contributed by atoms with Gasteiger partial charge in [0.25, 0.3) is 5.91 Å². The Morgan fingerprint density at radius 2 is 1.96 bits per heavy atom. The molecule has 0 unspecified atom stereocenters. The van der Waals surface area contributed by atoms with Gasteiger partial charge in [-0.1, -0.05) is 19.1 Å². The fourth-order valence-electron chi connectivity index (χ4n) is 2.41. The summed E-state index contributed by atoms with van der Waals surface area (Å²) >= 11 is 3.09. The zero-order valence-electron chi connectivity index (χ0n) is 15.1. The molecule has 0 fully saturated rings. The number of amides is 1. The second kappa shape index (κ2) is 8.92. The van der Waals surface area contributed by atoms with Crippen LogP contribution in [0.25, 0.3) is 10.6 Å². The van der Waals surface area contributed by atoms with Crippen LogP contribution in [0.4, 0.5) is 5.69 Å². The molecule has 0 aliphatic rings. The van der Waals surface area contributed by atoms with Gasteiger partial charge < -0.3 is 10.1 Å². The average molecular weight is 401 g/mol. The first-order chi connectivity index (χ1) is 13.0. The number of hydrogen-bond donors (Lipinski definition) is 1. The third-order valence-corrected chi connectivity index (χ3v) is 5.58. The molecule has 1 aromatic carbocycles. The number of carbonyl (C=O) groups is 2. The highest BCUT2D eigenvalue weighted by atomic mass is 32.1. The van der Waals surface area contributed by atoms with Gasteiger partial charge in [0, 0.05) is 22.0 Å². The van der Waals surface area contributed by atoms with Crippen LogP contribution in [0.3, 0.4) is 0 Å². The van der Waals surface area contributed by atoms with Crippen molar-refractivity contribution in [3.63, 3.8) is 0 Å². The van der Waals surface area contributed by atoms with Crippen molar-refractivity contribution in [3.05, 3.63) is 57.7 Å². The number of hydrogen-bond acceptors (Lipinski definition) is 6. The molecule has 0 bridgehead atoms. The highest BCUT2D eigenvalue weighted by Crippen LogP contribution is 2.25. The summed E-state index contributed by atoms with van der Waals surface area (Å²) in [6, 6.07) is 9.59. The second-order valence-corrected chi connectivity index (χ2v) is 7.64. The minimum Gasteiger partial charge on any atom is -0.452 e. The normalized spacial score (nSPS) is 11.8. The molecule has 1 amide bonds. The minimum absolute atomic E-state index is 0.0451. The monoisotopic (exact) mass is 400 g/mol. The van der Waals surface area contributed by atoms with E-state index in [1.807, 2.05) is 46.5 Å². The minimum atomic E-state index is -0.877. The molecule has 5 nitrogen and oxygen atoms in total. The number of nitrogens with zero attached hydrogens (tertiary/aromatic N) is 1. The number of aryl methyl sites for hydroxylation is 1. The molecule has 0 spiro atoms. The van der Waals surface area contributed by atoms with Crippen molar-refractivity contribution in [2.45, 2.75) is 32.8 Å². The van der Waals surface area contributed by atoms with Gasteiger partial charge in [0.2, 0.25) is 0 Å². The summed E-state index contributed by atoms with van der Waals surface area (Å²) in [5, 5.41) is 9.47. The van der Waals surface area contributed by atoms with Gasteiger partial charge in [-0.3, -0.25) is 9.59 Å². The summed E-state index contributed by atoms with van der Waals surface area (Å²) in [6.07, 6.45) is 0.106. The molecule has 2 aromatic heterocycles. The number of anilines is 1. The molecule has 3 aromatic rings. The van der Waals surface area contributed by atoms with Crippen molar-refractivity contribution >= 4 is 40.2 Å². The first-order valence-corrected chi connectivity index (χ1v) is 10.4. The van der Waals surface area contributed by atoms with Gasteiger partial charge >= 0.3 is 5.97 Å². The third-order valence-electron chi connectivity index (χ3n) is 3.95. The Kier molecular flexibility index (Phi) is 6.36. The Morgan fingerprint density at radius 1 is 1.19 bits per heavy atom. The second-order valence-electron chi connectivity index (χ2n) is 6.00. The molecule has 2 heterocycles. The van der Waals surface area contributed by atoms with Gasteiger partial charge in [0.15, 0.2) is 6.10 Å². The molecular weight excluding hydrogens is 380 g/mol. The quantitative estimate of drug-likeness (QED) is 0.591. The fraction of sp³-hybridized carbons (Fsp3) is 0.250. The molecule has 140 valence electrons. The number of thiophene rings is 1. The first-order valence-electron chi connectivity index (χ1n) is 8.61. The van der Waals surface area contributed by atoms with Crippen molar-refractivity contribution in [1.29, 1.82) is 0 Å². The highest BCUT2D eigenvalue weighted by molar-refractivity contribution is 7.14. The van der Waals surface area contributed by atoms with E-state index >= 15 is 0 Å². The van der Waals surface area contributed by atoms with E-state index in [9.17, 15) is 9.59 Å². The molecule has 27 heavy (non-hydrogen) atoms. The predicted octanol–water partition coefficient (Wildman–Crippen LogP) is 4.55. The van der Waals surface area contributed by atoms with Gasteiger partial charge in [-0.25, -0.2) is 4.98 Å². The molecule has 0 saturated carbocycles. The van der Waals surface area contributed by atoms with Crippen LogP contribution in [0, 0.1) is 0 Å². The van der Waals surface area contributed by atoms with E-state index in [1.54, 1.807) is 18.3 Å². The van der Waals surface area contributed by atoms with Crippen LogP contribution in [0.5, 0.6) is 0 Å². The zero-order chi connectivity index (χ0) is 19.2. The molecular formula is C20H20N2O3S2. The number of aromatic nitrogens is 1. The van der Waals surface area contributed by atoms with Crippen LogP contribution in [0.2, 0.25) is 0 Å². The van der Waals surface area contributed by atoms with E-state index in [0.717, 1.165) is 17.0 Å². The molecule has 0 aliphatic carbocycles. The van der Waals surface area contributed by atoms with Crippen molar-refractivity contribution in [3.8, 4) is 10.6 Å². The van der Waals surface area contributed by atoms with E-state index in [0.29, 0.717) is 11.4 Å². The van der Waals surface area contributed by atoms with E-state index < -0.39 is 12.1 Å². The first kappa shape index (κ1) is 19.3. The maximum Gasteiger partial charge on any atom is 0.312 e. The maximum atomic E-state index is 12.2. The predicted molar refractivity (Wildman–Crippen MR) is 109 cm³/mol. The van der Waals surface area contributed by atoms with Gasteiger partial charge in [-0.15, -0.1) is 11.3 Å². The molecule has 0 saturated heterocycles. The van der Waals surface area contributed by atoms with E-state index in [2.05, 4.69) is 17.2 Å². The topological polar surface area (TPSA) is 68.3 Å². The third kappa shape index (κ3) is 5.24. The molecule has 1 atom stereocenters. The smallest absolute Gasteiger partial charge is 0.312 e. The molecule has 0 aliphatic heterocycles. The van der Waals surface area contributed by atoms with Gasteiger partial charge in [-0.2, -0.15) is 11.3 Å². The lowest BCUT2D eigenvalue weighted by Gasteiger charge is -2.13. The average Bonchev–Trinajstić information content (AvgIpc) is 3.33.